The van der Waals surface area contributed by atoms with Crippen LogP contribution in [0.2, 0.25) is 5.15 Å². The van der Waals surface area contributed by atoms with Gasteiger partial charge in [0, 0.05) is 4.88 Å². The maximum Gasteiger partial charge on any atom is 0.308 e. The molecule has 0 saturated carbocycles. The van der Waals surface area contributed by atoms with E-state index in [4.69, 9.17) is 16.7 Å². The molecule has 0 unspecified atom stereocenters. The molecular formula is C9H7ClN2O2S. The lowest BCUT2D eigenvalue weighted by atomic mass is 10.3. The van der Waals surface area contributed by atoms with Crippen molar-refractivity contribution < 1.29 is 9.90 Å². The number of fused-ring (bicyclic) bond motifs is 1. The predicted molar refractivity (Wildman–Crippen MR) is 58.5 cm³/mol. The van der Waals surface area contributed by atoms with E-state index in [2.05, 4.69) is 9.97 Å². The molecule has 2 aromatic rings. The van der Waals surface area contributed by atoms with Crippen molar-refractivity contribution in [3.05, 3.63) is 21.9 Å². The number of rotatable bonds is 2. The standard InChI is InChI=1S/C9H7ClN2O2S/c1-4-11-6-2-5(3-7(13)14)15-8(6)9(10)12-4/h2H,3H2,1H3,(H,13,14). The topological polar surface area (TPSA) is 63.1 Å². The summed E-state index contributed by atoms with van der Waals surface area (Å²) in [7, 11) is 0. The number of carboxylic acids is 1. The highest BCUT2D eigenvalue weighted by Crippen LogP contribution is 2.29. The second kappa shape index (κ2) is 3.75. The van der Waals surface area contributed by atoms with Crippen molar-refractivity contribution in [2.24, 2.45) is 0 Å². The van der Waals surface area contributed by atoms with Crippen LogP contribution in [0, 0.1) is 6.92 Å². The third-order valence-electron chi connectivity index (χ3n) is 1.82. The number of halogens is 1. The van der Waals surface area contributed by atoms with Gasteiger partial charge in [0.15, 0.2) is 5.15 Å². The smallest absolute Gasteiger partial charge is 0.308 e. The zero-order valence-electron chi connectivity index (χ0n) is 7.82. The molecule has 0 aliphatic carbocycles. The van der Waals surface area contributed by atoms with E-state index < -0.39 is 5.97 Å². The van der Waals surface area contributed by atoms with E-state index in [0.717, 1.165) is 9.58 Å². The second-order valence-electron chi connectivity index (χ2n) is 3.06. The van der Waals surface area contributed by atoms with Crippen molar-refractivity contribution in [1.82, 2.24) is 9.97 Å². The van der Waals surface area contributed by atoms with Crippen LogP contribution in [0.1, 0.15) is 10.7 Å². The SMILES string of the molecule is Cc1nc(Cl)c2sc(CC(=O)O)cc2n1. The molecule has 4 nitrogen and oxygen atoms in total. The Balaban J connectivity index is 2.55. The quantitative estimate of drug-likeness (QED) is 0.821. The minimum atomic E-state index is -0.859. The van der Waals surface area contributed by atoms with Crippen LogP contribution in [0.3, 0.4) is 0 Å². The normalized spacial score (nSPS) is 10.8. The van der Waals surface area contributed by atoms with Crippen molar-refractivity contribution in [3.63, 3.8) is 0 Å². The third kappa shape index (κ3) is 2.08. The largest absolute Gasteiger partial charge is 0.481 e. The van der Waals surface area contributed by atoms with Crippen LogP contribution < -0.4 is 0 Å². The van der Waals surface area contributed by atoms with Gasteiger partial charge in [0.1, 0.15) is 5.82 Å². The number of hydrogen-bond donors (Lipinski definition) is 1. The van der Waals surface area contributed by atoms with Crippen molar-refractivity contribution in [1.29, 1.82) is 0 Å². The molecule has 15 heavy (non-hydrogen) atoms. The van der Waals surface area contributed by atoms with Gasteiger partial charge in [0.05, 0.1) is 16.6 Å². The summed E-state index contributed by atoms with van der Waals surface area (Å²) in [4.78, 5) is 19.5. The molecule has 2 rings (SSSR count). The molecule has 0 bridgehead atoms. The molecule has 0 aliphatic heterocycles. The van der Waals surface area contributed by atoms with Crippen LogP contribution in [0.5, 0.6) is 0 Å². The minimum Gasteiger partial charge on any atom is -0.481 e. The molecule has 0 atom stereocenters. The molecule has 0 aromatic carbocycles. The highest BCUT2D eigenvalue weighted by Gasteiger charge is 2.10. The molecule has 0 aliphatic rings. The first-order chi connectivity index (χ1) is 7.06. The van der Waals surface area contributed by atoms with E-state index in [9.17, 15) is 4.79 Å². The number of thiophene rings is 1. The summed E-state index contributed by atoms with van der Waals surface area (Å²) in [6.07, 6.45) is -0.00357. The Morgan fingerprint density at radius 2 is 2.33 bits per heavy atom. The maximum absolute atomic E-state index is 10.5. The molecule has 78 valence electrons. The highest BCUT2D eigenvalue weighted by molar-refractivity contribution is 7.19. The second-order valence-corrected chi connectivity index (χ2v) is 4.55. The number of carboxylic acid groups (broad SMARTS) is 1. The Labute approximate surface area is 94.5 Å². The summed E-state index contributed by atoms with van der Waals surface area (Å²) in [6.45, 7) is 1.75. The summed E-state index contributed by atoms with van der Waals surface area (Å²) in [5.41, 5.74) is 0.716. The number of hydrogen-bond acceptors (Lipinski definition) is 4. The Bertz CT molecular complexity index is 538. The summed E-state index contributed by atoms with van der Waals surface area (Å²) >= 11 is 7.25. The predicted octanol–water partition coefficient (Wildman–Crippen LogP) is 2.28. The lowest BCUT2D eigenvalue weighted by Crippen LogP contribution is -1.96. The third-order valence-corrected chi connectivity index (χ3v) is 3.34. The first-order valence-electron chi connectivity index (χ1n) is 4.20. The van der Waals surface area contributed by atoms with Crippen LogP contribution in [0.4, 0.5) is 0 Å². The molecule has 6 heteroatoms. The molecule has 2 heterocycles. The lowest BCUT2D eigenvalue weighted by molar-refractivity contribution is -0.136. The molecule has 0 radical (unpaired) electrons. The average Bonchev–Trinajstić information content (AvgIpc) is 2.45. The average molecular weight is 243 g/mol. The van der Waals surface area contributed by atoms with Crippen LogP contribution in [-0.2, 0) is 11.2 Å². The molecular weight excluding hydrogens is 236 g/mol. The van der Waals surface area contributed by atoms with Gasteiger partial charge in [-0.3, -0.25) is 4.79 Å². The fourth-order valence-electron chi connectivity index (χ4n) is 1.29. The van der Waals surface area contributed by atoms with Crippen LogP contribution in [-0.4, -0.2) is 21.0 Å². The van der Waals surface area contributed by atoms with Gasteiger partial charge in [-0.25, -0.2) is 9.97 Å². The summed E-state index contributed by atoms with van der Waals surface area (Å²) < 4.78 is 0.749. The van der Waals surface area contributed by atoms with Gasteiger partial charge in [-0.05, 0) is 13.0 Å². The van der Waals surface area contributed by atoms with Gasteiger partial charge < -0.3 is 5.11 Å². The number of aromatic nitrogens is 2. The molecule has 2 aromatic heterocycles. The number of nitrogens with zero attached hydrogens (tertiary/aromatic N) is 2. The maximum atomic E-state index is 10.5. The summed E-state index contributed by atoms with van der Waals surface area (Å²) in [6, 6.07) is 1.74. The highest BCUT2D eigenvalue weighted by atomic mass is 35.5. The Hall–Kier alpha value is -1.20. The minimum absolute atomic E-state index is 0.00357. The van der Waals surface area contributed by atoms with E-state index in [1.165, 1.54) is 11.3 Å². The van der Waals surface area contributed by atoms with Gasteiger partial charge >= 0.3 is 5.97 Å². The van der Waals surface area contributed by atoms with Crippen LogP contribution >= 0.6 is 22.9 Å². The molecule has 0 fully saturated rings. The van der Waals surface area contributed by atoms with Gasteiger partial charge in [-0.15, -0.1) is 11.3 Å². The fraction of sp³-hybridized carbons (Fsp3) is 0.222. The van der Waals surface area contributed by atoms with E-state index in [1.807, 2.05) is 0 Å². The van der Waals surface area contributed by atoms with Crippen molar-refractivity contribution in [2.75, 3.05) is 0 Å². The van der Waals surface area contributed by atoms with Crippen molar-refractivity contribution in [3.8, 4) is 0 Å². The first-order valence-corrected chi connectivity index (χ1v) is 5.40. The Morgan fingerprint density at radius 1 is 1.60 bits per heavy atom. The Kier molecular flexibility index (Phi) is 2.58. The van der Waals surface area contributed by atoms with E-state index in [-0.39, 0.29) is 6.42 Å². The van der Waals surface area contributed by atoms with Crippen LogP contribution in [0.15, 0.2) is 6.07 Å². The summed E-state index contributed by atoms with van der Waals surface area (Å²) in [5, 5.41) is 9.04. The first kappa shape index (κ1) is 10.3. The van der Waals surface area contributed by atoms with Gasteiger partial charge in [-0.2, -0.15) is 0 Å². The molecule has 0 saturated heterocycles. The monoisotopic (exact) mass is 242 g/mol. The molecule has 0 spiro atoms. The van der Waals surface area contributed by atoms with Gasteiger partial charge in [0.2, 0.25) is 0 Å². The van der Waals surface area contributed by atoms with E-state index >= 15 is 0 Å². The zero-order chi connectivity index (χ0) is 11.0. The fourth-order valence-corrected chi connectivity index (χ4v) is 2.59. The summed E-state index contributed by atoms with van der Waals surface area (Å²) in [5.74, 6) is -0.269. The number of aliphatic carboxylic acids is 1. The van der Waals surface area contributed by atoms with Crippen molar-refractivity contribution in [2.45, 2.75) is 13.3 Å². The number of aryl methyl sites for hydroxylation is 1. The van der Waals surface area contributed by atoms with Crippen LogP contribution in [0.25, 0.3) is 10.2 Å². The van der Waals surface area contributed by atoms with Crippen molar-refractivity contribution >= 4 is 39.1 Å². The van der Waals surface area contributed by atoms with E-state index in [0.29, 0.717) is 16.5 Å². The Morgan fingerprint density at radius 3 is 3.00 bits per heavy atom. The molecule has 1 N–H and O–H groups in total. The zero-order valence-corrected chi connectivity index (χ0v) is 9.39. The molecule has 0 amide bonds. The lowest BCUT2D eigenvalue weighted by Gasteiger charge is -1.93. The van der Waals surface area contributed by atoms with E-state index in [1.54, 1.807) is 13.0 Å². The van der Waals surface area contributed by atoms with Gasteiger partial charge in [-0.1, -0.05) is 11.6 Å². The number of carbonyl (C=O) groups is 1. The van der Waals surface area contributed by atoms with Gasteiger partial charge in [0.25, 0.3) is 0 Å².